The number of aldehydes is 2. The van der Waals surface area contributed by atoms with Crippen LogP contribution in [0.15, 0.2) is 36.4 Å². The van der Waals surface area contributed by atoms with Crippen molar-refractivity contribution < 1.29 is 23.5 Å². The molecule has 0 aromatic heterocycles. The molecule has 1 fully saturated rings. The van der Waals surface area contributed by atoms with Crippen molar-refractivity contribution in [2.75, 3.05) is 19.7 Å². The maximum Gasteiger partial charge on any atom is 0.260 e. The van der Waals surface area contributed by atoms with Gasteiger partial charge in [-0.25, -0.2) is 4.39 Å². The Morgan fingerprint density at radius 2 is 1.68 bits per heavy atom. The Morgan fingerprint density at radius 1 is 1.06 bits per heavy atom. The van der Waals surface area contributed by atoms with Gasteiger partial charge in [-0.1, -0.05) is 12.1 Å². The molecule has 2 aromatic rings. The van der Waals surface area contributed by atoms with Crippen molar-refractivity contribution >= 4 is 18.5 Å². The van der Waals surface area contributed by atoms with E-state index in [0.29, 0.717) is 32.2 Å². The van der Waals surface area contributed by atoms with E-state index >= 15 is 0 Å². The van der Waals surface area contributed by atoms with Crippen LogP contribution in [0.2, 0.25) is 0 Å². The lowest BCUT2D eigenvalue weighted by molar-refractivity contribution is -0.139. The van der Waals surface area contributed by atoms with Gasteiger partial charge in [0.05, 0.1) is 11.1 Å². The smallest absolute Gasteiger partial charge is 0.260 e. The number of hydrogen-bond donors (Lipinski definition) is 0. The minimum Gasteiger partial charge on any atom is -0.482 e. The predicted octanol–water partition coefficient (Wildman–Crippen LogP) is 3.26. The quantitative estimate of drug-likeness (QED) is 0.636. The molecule has 164 valence electrons. The van der Waals surface area contributed by atoms with Gasteiger partial charge in [0.1, 0.15) is 11.6 Å². The first-order chi connectivity index (χ1) is 14.8. The van der Waals surface area contributed by atoms with Gasteiger partial charge in [-0.05, 0) is 56.2 Å². The van der Waals surface area contributed by atoms with Crippen LogP contribution >= 0.6 is 0 Å². The second-order valence-electron chi connectivity index (χ2n) is 8.10. The molecule has 1 aliphatic heterocycles. The molecule has 0 bridgehead atoms. The molecule has 3 rings (SSSR count). The van der Waals surface area contributed by atoms with Gasteiger partial charge in [0, 0.05) is 31.7 Å². The van der Waals surface area contributed by atoms with E-state index in [2.05, 4.69) is 4.90 Å². The summed E-state index contributed by atoms with van der Waals surface area (Å²) >= 11 is 0. The van der Waals surface area contributed by atoms with Gasteiger partial charge in [0.2, 0.25) is 0 Å². The van der Waals surface area contributed by atoms with Crippen LogP contribution in [-0.4, -0.2) is 60.1 Å². The minimum atomic E-state index is -0.260. The first-order valence-electron chi connectivity index (χ1n) is 10.3. The highest BCUT2D eigenvalue weighted by atomic mass is 19.1. The summed E-state index contributed by atoms with van der Waals surface area (Å²) in [5, 5.41) is 0. The molecule has 0 saturated carbocycles. The monoisotopic (exact) mass is 426 g/mol. The van der Waals surface area contributed by atoms with Crippen molar-refractivity contribution in [2.45, 2.75) is 39.4 Å². The lowest BCUT2D eigenvalue weighted by atomic mass is 10.1. The summed E-state index contributed by atoms with van der Waals surface area (Å²) in [6, 6.07) is 9.77. The summed E-state index contributed by atoms with van der Waals surface area (Å²) in [4.78, 5) is 39.6. The molecule has 1 saturated heterocycles. The van der Waals surface area contributed by atoms with Crippen LogP contribution < -0.4 is 4.74 Å². The number of benzene rings is 2. The van der Waals surface area contributed by atoms with E-state index < -0.39 is 0 Å². The Kier molecular flexibility index (Phi) is 7.17. The van der Waals surface area contributed by atoms with Crippen molar-refractivity contribution in [3.8, 4) is 5.75 Å². The fourth-order valence-electron chi connectivity index (χ4n) is 3.98. The van der Waals surface area contributed by atoms with Gasteiger partial charge < -0.3 is 9.64 Å². The number of carbonyl (C=O) groups excluding carboxylic acids is 3. The molecule has 7 heteroatoms. The third-order valence-corrected chi connectivity index (χ3v) is 5.62. The van der Waals surface area contributed by atoms with Gasteiger partial charge in [-0.2, -0.15) is 0 Å². The zero-order valence-corrected chi connectivity index (χ0v) is 18.0. The fraction of sp³-hybridized carbons (Fsp3) is 0.375. The fourth-order valence-corrected chi connectivity index (χ4v) is 3.98. The van der Waals surface area contributed by atoms with Crippen LogP contribution in [0, 0.1) is 12.7 Å². The summed E-state index contributed by atoms with van der Waals surface area (Å²) in [6.07, 6.45) is 1.25. The number of nitrogens with zero attached hydrogens (tertiary/aromatic N) is 2. The number of carbonyl (C=O) groups is 3. The molecule has 1 aliphatic rings. The van der Waals surface area contributed by atoms with E-state index in [9.17, 15) is 18.8 Å². The Labute approximate surface area is 181 Å². The van der Waals surface area contributed by atoms with E-state index in [1.165, 1.54) is 12.1 Å². The highest BCUT2D eigenvalue weighted by Gasteiger charge is 2.32. The summed E-state index contributed by atoms with van der Waals surface area (Å²) in [6.45, 7) is 7.43. The lowest BCUT2D eigenvalue weighted by Gasteiger charge is -2.44. The second-order valence-corrected chi connectivity index (χ2v) is 8.10. The lowest BCUT2D eigenvalue weighted by Crippen LogP contribution is -2.58. The average molecular weight is 426 g/mol. The van der Waals surface area contributed by atoms with E-state index in [1.807, 2.05) is 13.8 Å². The third kappa shape index (κ3) is 5.35. The summed E-state index contributed by atoms with van der Waals surface area (Å²) in [5.41, 5.74) is 2.29. The molecule has 0 aliphatic carbocycles. The Balaban J connectivity index is 1.64. The molecule has 2 atom stereocenters. The second kappa shape index (κ2) is 9.83. The number of aryl methyl sites for hydroxylation is 1. The molecule has 0 N–H and O–H groups in total. The van der Waals surface area contributed by atoms with Gasteiger partial charge in [-0.3, -0.25) is 19.3 Å². The normalized spacial score (nSPS) is 19.2. The predicted molar refractivity (Wildman–Crippen MR) is 115 cm³/mol. The van der Waals surface area contributed by atoms with Crippen molar-refractivity contribution in [3.63, 3.8) is 0 Å². The van der Waals surface area contributed by atoms with Crippen molar-refractivity contribution in [1.29, 1.82) is 0 Å². The van der Waals surface area contributed by atoms with Crippen LogP contribution in [0.1, 0.15) is 45.7 Å². The van der Waals surface area contributed by atoms with Gasteiger partial charge >= 0.3 is 0 Å². The molecular formula is C24H27FN2O4. The molecule has 0 radical (unpaired) electrons. The number of rotatable bonds is 7. The van der Waals surface area contributed by atoms with Crippen LogP contribution in [0.25, 0.3) is 0 Å². The maximum atomic E-state index is 13.1. The topological polar surface area (TPSA) is 66.9 Å². The summed E-state index contributed by atoms with van der Waals surface area (Å²) in [7, 11) is 0. The zero-order chi connectivity index (χ0) is 22.5. The number of halogens is 1. The van der Waals surface area contributed by atoms with E-state index in [1.54, 1.807) is 36.1 Å². The van der Waals surface area contributed by atoms with E-state index in [-0.39, 0.29) is 47.3 Å². The molecule has 6 nitrogen and oxygen atoms in total. The first-order valence-corrected chi connectivity index (χ1v) is 10.3. The van der Waals surface area contributed by atoms with E-state index in [4.69, 9.17) is 4.74 Å². The average Bonchev–Trinajstić information content (AvgIpc) is 2.75. The molecule has 31 heavy (non-hydrogen) atoms. The highest BCUT2D eigenvalue weighted by molar-refractivity contribution is 5.89. The number of hydrogen-bond acceptors (Lipinski definition) is 5. The van der Waals surface area contributed by atoms with Crippen LogP contribution in [0.5, 0.6) is 5.75 Å². The number of piperazine rings is 1. The summed E-state index contributed by atoms with van der Waals surface area (Å²) < 4.78 is 18.8. The minimum absolute atomic E-state index is 0.0400. The SMILES string of the molecule is Cc1cc(C=O)c(OCC(=O)N2C[C@@H](C)N(Cc3ccc(F)cc3)C[C@@H]2C)c(C=O)c1. The Morgan fingerprint density at radius 3 is 2.26 bits per heavy atom. The van der Waals surface area contributed by atoms with Crippen molar-refractivity contribution in [1.82, 2.24) is 9.80 Å². The van der Waals surface area contributed by atoms with E-state index in [0.717, 1.165) is 11.1 Å². The molecule has 1 amide bonds. The largest absolute Gasteiger partial charge is 0.482 e. The number of ether oxygens (including phenoxy) is 1. The zero-order valence-electron chi connectivity index (χ0n) is 18.0. The van der Waals surface area contributed by atoms with Gasteiger partial charge in [0.25, 0.3) is 5.91 Å². The molecule has 0 unspecified atom stereocenters. The van der Waals surface area contributed by atoms with Crippen LogP contribution in [0.4, 0.5) is 4.39 Å². The molecular weight excluding hydrogens is 399 g/mol. The standard InChI is InChI=1S/C24H27FN2O4/c1-16-8-20(13-28)24(21(9-16)14-29)31-15-23(30)27-11-17(2)26(10-18(27)3)12-19-4-6-22(25)7-5-19/h4-9,13-14,17-18H,10-12,15H2,1-3H3/t17-,18+/m1/s1. The van der Waals surface area contributed by atoms with Gasteiger partial charge in [0.15, 0.2) is 19.2 Å². The highest BCUT2D eigenvalue weighted by Crippen LogP contribution is 2.24. The molecule has 1 heterocycles. The Hall–Kier alpha value is -3.06. The number of amides is 1. The van der Waals surface area contributed by atoms with Crippen LogP contribution in [-0.2, 0) is 11.3 Å². The third-order valence-electron chi connectivity index (χ3n) is 5.62. The van der Waals surface area contributed by atoms with Crippen molar-refractivity contribution in [2.24, 2.45) is 0 Å². The van der Waals surface area contributed by atoms with Gasteiger partial charge in [-0.15, -0.1) is 0 Å². The summed E-state index contributed by atoms with van der Waals surface area (Å²) in [5.74, 6) is -0.320. The van der Waals surface area contributed by atoms with Crippen LogP contribution in [0.3, 0.4) is 0 Å². The first kappa shape index (κ1) is 22.6. The Bertz CT molecular complexity index is 932. The molecule has 0 spiro atoms. The molecule has 2 aromatic carbocycles. The maximum absolute atomic E-state index is 13.1. The van der Waals surface area contributed by atoms with Crippen molar-refractivity contribution in [3.05, 3.63) is 64.5 Å².